The van der Waals surface area contributed by atoms with E-state index in [2.05, 4.69) is 10.6 Å². The molecule has 2 amide bonds. The second-order valence-electron chi connectivity index (χ2n) is 5.57. The van der Waals surface area contributed by atoms with Gasteiger partial charge < -0.3 is 20.3 Å². The Morgan fingerprint density at radius 3 is 2.53 bits per heavy atom. The van der Waals surface area contributed by atoms with Gasteiger partial charge in [-0.25, -0.2) is 0 Å². The van der Waals surface area contributed by atoms with Gasteiger partial charge in [-0.2, -0.15) is 0 Å². The molecule has 0 saturated carbocycles. The van der Waals surface area contributed by atoms with E-state index < -0.39 is 0 Å². The largest absolute Gasteiger partial charge is 0.378 e. The van der Waals surface area contributed by atoms with Crippen molar-refractivity contribution in [3.63, 3.8) is 0 Å². The van der Waals surface area contributed by atoms with Crippen LogP contribution in [0, 0.1) is 0 Å². The molecule has 0 aromatic rings. The highest BCUT2D eigenvalue weighted by Crippen LogP contribution is 2.01. The first-order chi connectivity index (χ1) is 8.29. The lowest BCUT2D eigenvalue weighted by Crippen LogP contribution is -2.54. The minimum atomic E-state index is -0.341. The van der Waals surface area contributed by atoms with E-state index in [4.69, 9.17) is 4.74 Å². The Morgan fingerprint density at radius 1 is 1.42 bits per heavy atom. The van der Waals surface area contributed by atoms with E-state index in [0.29, 0.717) is 19.8 Å². The molecule has 6 nitrogen and oxygen atoms in total. The molecule has 1 aliphatic rings. The zero-order valence-electron chi connectivity index (χ0n) is 12.0. The number of morpholine rings is 1. The van der Waals surface area contributed by atoms with E-state index in [9.17, 15) is 9.59 Å². The molecule has 19 heavy (non-hydrogen) atoms. The summed E-state index contributed by atoms with van der Waals surface area (Å²) < 4.78 is 5.23. The summed E-state index contributed by atoms with van der Waals surface area (Å²) in [5, 5.41) is 5.90. The molecule has 0 spiro atoms. The first-order valence-corrected chi connectivity index (χ1v) is 6.17. The molecule has 0 radical (unpaired) electrons. The lowest BCUT2D eigenvalue weighted by atomic mass is 10.1. The van der Waals surface area contributed by atoms with Gasteiger partial charge in [0.1, 0.15) is 6.04 Å². The van der Waals surface area contributed by atoms with Gasteiger partial charge in [-0.05, 0) is 20.8 Å². The SMILES string of the molecule is CN(CC(=O)NC(C)(C)C)C(=O)C1COCCN1.Cl. The zero-order chi connectivity index (χ0) is 13.8. The molecule has 1 saturated heterocycles. The van der Waals surface area contributed by atoms with Crippen LogP contribution >= 0.6 is 12.4 Å². The number of carbonyl (C=O) groups is 2. The van der Waals surface area contributed by atoms with Crippen LogP contribution in [0.25, 0.3) is 0 Å². The van der Waals surface area contributed by atoms with Gasteiger partial charge in [-0.1, -0.05) is 0 Å². The predicted octanol–water partition coefficient (Wildman–Crippen LogP) is -0.230. The molecule has 1 aliphatic heterocycles. The summed E-state index contributed by atoms with van der Waals surface area (Å²) in [5.74, 6) is -0.270. The normalized spacial score (nSPS) is 19.3. The first-order valence-electron chi connectivity index (χ1n) is 6.17. The van der Waals surface area contributed by atoms with Crippen molar-refractivity contribution in [1.29, 1.82) is 0 Å². The minimum Gasteiger partial charge on any atom is -0.378 e. The smallest absolute Gasteiger partial charge is 0.242 e. The minimum absolute atomic E-state index is 0. The fourth-order valence-electron chi connectivity index (χ4n) is 1.74. The Bertz CT molecular complexity index is 312. The summed E-state index contributed by atoms with van der Waals surface area (Å²) in [4.78, 5) is 25.1. The Kier molecular flexibility index (Phi) is 7.33. The summed E-state index contributed by atoms with van der Waals surface area (Å²) in [6, 6.07) is -0.341. The number of rotatable bonds is 3. The number of likely N-dealkylation sites (N-methyl/N-ethyl adjacent to an activating group) is 1. The molecule has 1 heterocycles. The van der Waals surface area contributed by atoms with Crippen LogP contribution in [-0.4, -0.2) is 61.6 Å². The van der Waals surface area contributed by atoms with Crippen molar-refractivity contribution in [2.45, 2.75) is 32.4 Å². The average Bonchev–Trinajstić information content (AvgIpc) is 2.26. The van der Waals surface area contributed by atoms with E-state index in [1.54, 1.807) is 7.05 Å². The summed E-state index contributed by atoms with van der Waals surface area (Å²) >= 11 is 0. The molecular formula is C12H24ClN3O3. The standard InChI is InChI=1S/C12H23N3O3.ClH/c1-12(2,3)14-10(16)7-15(4)11(17)9-8-18-6-5-13-9;/h9,13H,5-8H2,1-4H3,(H,14,16);1H. The lowest BCUT2D eigenvalue weighted by Gasteiger charge is -2.28. The number of ether oxygens (including phenoxy) is 1. The van der Waals surface area contributed by atoms with Gasteiger partial charge in [-0.3, -0.25) is 9.59 Å². The molecule has 1 atom stereocenters. The fourth-order valence-corrected chi connectivity index (χ4v) is 1.74. The third-order valence-electron chi connectivity index (χ3n) is 2.49. The van der Waals surface area contributed by atoms with Gasteiger partial charge in [0, 0.05) is 19.1 Å². The van der Waals surface area contributed by atoms with E-state index in [-0.39, 0.29) is 42.3 Å². The highest BCUT2D eigenvalue weighted by Gasteiger charge is 2.26. The number of hydrogen-bond acceptors (Lipinski definition) is 4. The Morgan fingerprint density at radius 2 is 2.05 bits per heavy atom. The van der Waals surface area contributed by atoms with E-state index in [1.807, 2.05) is 20.8 Å². The topological polar surface area (TPSA) is 70.7 Å². The molecular weight excluding hydrogens is 270 g/mol. The average molecular weight is 294 g/mol. The number of carbonyl (C=O) groups excluding carboxylic acids is 2. The third kappa shape index (κ3) is 6.75. The maximum atomic E-state index is 12.0. The second kappa shape index (κ2) is 7.67. The number of amides is 2. The molecule has 0 bridgehead atoms. The second-order valence-corrected chi connectivity index (χ2v) is 5.57. The van der Waals surface area contributed by atoms with E-state index in [0.717, 1.165) is 0 Å². The summed E-state index contributed by atoms with van der Waals surface area (Å²) in [5.41, 5.74) is -0.285. The number of nitrogens with one attached hydrogen (secondary N) is 2. The molecule has 0 aromatic heterocycles. The van der Waals surface area contributed by atoms with Crippen molar-refractivity contribution in [3.05, 3.63) is 0 Å². The van der Waals surface area contributed by atoms with Crippen LogP contribution in [0.5, 0.6) is 0 Å². The zero-order valence-corrected chi connectivity index (χ0v) is 12.8. The van der Waals surface area contributed by atoms with Crippen molar-refractivity contribution in [2.24, 2.45) is 0 Å². The first kappa shape index (κ1) is 18.1. The van der Waals surface area contributed by atoms with Crippen LogP contribution in [0.1, 0.15) is 20.8 Å². The van der Waals surface area contributed by atoms with Crippen LogP contribution in [-0.2, 0) is 14.3 Å². The van der Waals surface area contributed by atoms with Gasteiger partial charge in [0.2, 0.25) is 11.8 Å². The van der Waals surface area contributed by atoms with Crippen LogP contribution in [0.2, 0.25) is 0 Å². The summed E-state index contributed by atoms with van der Waals surface area (Å²) in [6.45, 7) is 7.44. The van der Waals surface area contributed by atoms with Crippen molar-refractivity contribution < 1.29 is 14.3 Å². The fraction of sp³-hybridized carbons (Fsp3) is 0.833. The summed E-state index contributed by atoms with van der Waals surface area (Å²) in [7, 11) is 1.63. The van der Waals surface area contributed by atoms with Crippen molar-refractivity contribution in [3.8, 4) is 0 Å². The molecule has 112 valence electrons. The van der Waals surface area contributed by atoms with Crippen molar-refractivity contribution >= 4 is 24.2 Å². The maximum absolute atomic E-state index is 12.0. The van der Waals surface area contributed by atoms with Crippen molar-refractivity contribution in [1.82, 2.24) is 15.5 Å². The molecule has 1 rings (SSSR count). The Balaban J connectivity index is 0.00000324. The molecule has 1 unspecified atom stereocenters. The maximum Gasteiger partial charge on any atom is 0.242 e. The van der Waals surface area contributed by atoms with Gasteiger partial charge in [0.05, 0.1) is 19.8 Å². The van der Waals surface area contributed by atoms with Crippen LogP contribution in [0.4, 0.5) is 0 Å². The Labute approximate surface area is 120 Å². The van der Waals surface area contributed by atoms with Gasteiger partial charge in [0.15, 0.2) is 0 Å². The van der Waals surface area contributed by atoms with E-state index in [1.165, 1.54) is 4.90 Å². The predicted molar refractivity (Wildman–Crippen MR) is 75.4 cm³/mol. The molecule has 0 aromatic carbocycles. The molecule has 7 heteroatoms. The van der Waals surface area contributed by atoms with Gasteiger partial charge in [0.25, 0.3) is 0 Å². The Hall–Kier alpha value is -0.850. The lowest BCUT2D eigenvalue weighted by molar-refractivity contribution is -0.139. The van der Waals surface area contributed by atoms with Gasteiger partial charge in [-0.15, -0.1) is 12.4 Å². The van der Waals surface area contributed by atoms with Crippen LogP contribution < -0.4 is 10.6 Å². The summed E-state index contributed by atoms with van der Waals surface area (Å²) in [6.07, 6.45) is 0. The highest BCUT2D eigenvalue weighted by atomic mass is 35.5. The monoisotopic (exact) mass is 293 g/mol. The number of nitrogens with zero attached hydrogens (tertiary/aromatic N) is 1. The molecule has 0 aliphatic carbocycles. The van der Waals surface area contributed by atoms with Crippen LogP contribution in [0.15, 0.2) is 0 Å². The van der Waals surface area contributed by atoms with Gasteiger partial charge >= 0.3 is 0 Å². The van der Waals surface area contributed by atoms with Crippen molar-refractivity contribution in [2.75, 3.05) is 33.4 Å². The third-order valence-corrected chi connectivity index (χ3v) is 2.49. The number of halogens is 1. The van der Waals surface area contributed by atoms with E-state index >= 15 is 0 Å². The molecule has 1 fully saturated rings. The number of hydrogen-bond donors (Lipinski definition) is 2. The quantitative estimate of drug-likeness (QED) is 0.754. The van der Waals surface area contributed by atoms with Crippen LogP contribution in [0.3, 0.4) is 0 Å². The molecule has 2 N–H and O–H groups in total. The highest BCUT2D eigenvalue weighted by molar-refractivity contribution is 5.87.